The smallest absolute Gasteiger partial charge is 0.416 e. The summed E-state index contributed by atoms with van der Waals surface area (Å²) in [6, 6.07) is 8.53. The number of nitrogens with zero attached hydrogens (tertiary/aromatic N) is 1. The van der Waals surface area contributed by atoms with Crippen LogP contribution in [0.15, 0.2) is 36.4 Å². The van der Waals surface area contributed by atoms with Gasteiger partial charge >= 0.3 is 6.18 Å². The van der Waals surface area contributed by atoms with E-state index in [2.05, 4.69) is 4.98 Å². The molecule has 2 rings (SSSR count). The van der Waals surface area contributed by atoms with E-state index in [4.69, 9.17) is 10.5 Å². The number of halogens is 3. The Morgan fingerprint density at radius 3 is 2.62 bits per heavy atom. The van der Waals surface area contributed by atoms with Crippen LogP contribution in [0.5, 0.6) is 5.75 Å². The molecule has 2 aromatic rings. The monoisotopic (exact) mass is 296 g/mol. The van der Waals surface area contributed by atoms with E-state index in [0.29, 0.717) is 17.0 Å². The molecule has 0 atom stereocenters. The summed E-state index contributed by atoms with van der Waals surface area (Å²) in [6.07, 6.45) is -4.36. The fraction of sp³-hybridized carbons (Fsp3) is 0.267. The Bertz CT molecular complexity index is 627. The Balaban J connectivity index is 2.13. The van der Waals surface area contributed by atoms with Crippen LogP contribution in [0.4, 0.5) is 13.2 Å². The van der Waals surface area contributed by atoms with Crippen molar-refractivity contribution < 1.29 is 17.9 Å². The van der Waals surface area contributed by atoms with E-state index in [9.17, 15) is 13.2 Å². The van der Waals surface area contributed by atoms with E-state index in [1.54, 1.807) is 18.2 Å². The highest BCUT2D eigenvalue weighted by Crippen LogP contribution is 2.29. The summed E-state index contributed by atoms with van der Waals surface area (Å²) in [4.78, 5) is 4.23. The first kappa shape index (κ1) is 15.3. The molecule has 0 amide bonds. The van der Waals surface area contributed by atoms with Gasteiger partial charge in [0.25, 0.3) is 0 Å². The lowest BCUT2D eigenvalue weighted by Gasteiger charge is -2.12. The van der Waals surface area contributed by atoms with Crippen molar-refractivity contribution in [2.75, 3.05) is 0 Å². The molecule has 0 aliphatic carbocycles. The topological polar surface area (TPSA) is 48.1 Å². The lowest BCUT2D eigenvalue weighted by atomic mass is 10.1. The van der Waals surface area contributed by atoms with Gasteiger partial charge in [0, 0.05) is 12.2 Å². The predicted molar refractivity (Wildman–Crippen MR) is 72.6 cm³/mol. The van der Waals surface area contributed by atoms with Crippen molar-refractivity contribution in [3.8, 4) is 5.75 Å². The molecule has 0 saturated heterocycles. The number of rotatable bonds is 4. The molecule has 3 nitrogen and oxygen atoms in total. The first-order valence-electron chi connectivity index (χ1n) is 6.35. The lowest BCUT2D eigenvalue weighted by Crippen LogP contribution is -2.08. The van der Waals surface area contributed by atoms with Gasteiger partial charge < -0.3 is 10.5 Å². The quantitative estimate of drug-likeness (QED) is 0.940. The molecule has 6 heteroatoms. The van der Waals surface area contributed by atoms with E-state index in [1.807, 2.05) is 6.92 Å². The van der Waals surface area contributed by atoms with Gasteiger partial charge in [-0.25, -0.2) is 0 Å². The van der Waals surface area contributed by atoms with Crippen molar-refractivity contribution in [3.63, 3.8) is 0 Å². The minimum atomic E-state index is -4.36. The Labute approximate surface area is 120 Å². The largest absolute Gasteiger partial charge is 0.487 e. The maximum Gasteiger partial charge on any atom is 0.416 e. The van der Waals surface area contributed by atoms with Crippen molar-refractivity contribution in [1.82, 2.24) is 4.98 Å². The van der Waals surface area contributed by atoms with E-state index >= 15 is 0 Å². The van der Waals surface area contributed by atoms with Crippen LogP contribution in [0.3, 0.4) is 0 Å². The molecule has 0 bridgehead atoms. The Hall–Kier alpha value is -2.08. The molecule has 21 heavy (non-hydrogen) atoms. The molecule has 1 heterocycles. The first-order chi connectivity index (χ1) is 9.90. The molecular formula is C15H15F3N2O. The molecule has 0 spiro atoms. The number of aryl methyl sites for hydroxylation is 1. The number of alkyl halides is 3. The van der Waals surface area contributed by atoms with Crippen LogP contribution in [0.25, 0.3) is 0 Å². The van der Waals surface area contributed by atoms with Gasteiger partial charge in [-0.15, -0.1) is 0 Å². The second kappa shape index (κ2) is 6.13. The summed E-state index contributed by atoms with van der Waals surface area (Å²) < 4.78 is 43.4. The molecule has 0 aliphatic heterocycles. The molecular weight excluding hydrogens is 281 g/mol. The molecule has 1 aromatic carbocycles. The molecule has 0 fully saturated rings. The van der Waals surface area contributed by atoms with Gasteiger partial charge in [0.15, 0.2) is 0 Å². The highest BCUT2D eigenvalue weighted by molar-refractivity contribution is 5.30. The van der Waals surface area contributed by atoms with Crippen LogP contribution in [0.2, 0.25) is 0 Å². The number of aromatic nitrogens is 1. The highest BCUT2D eigenvalue weighted by Gasteiger charge is 2.30. The number of ether oxygens (including phenoxy) is 1. The normalized spacial score (nSPS) is 11.5. The first-order valence-corrected chi connectivity index (χ1v) is 6.35. The average Bonchev–Trinajstić information content (AvgIpc) is 2.45. The van der Waals surface area contributed by atoms with Crippen LogP contribution in [-0.4, -0.2) is 4.98 Å². The lowest BCUT2D eigenvalue weighted by molar-refractivity contribution is -0.137. The fourth-order valence-electron chi connectivity index (χ4n) is 1.87. The zero-order valence-electron chi connectivity index (χ0n) is 11.4. The molecule has 112 valence electrons. The van der Waals surface area contributed by atoms with Crippen molar-refractivity contribution in [2.45, 2.75) is 26.3 Å². The third kappa shape index (κ3) is 3.95. The zero-order chi connectivity index (χ0) is 15.5. The van der Waals surface area contributed by atoms with E-state index in [-0.39, 0.29) is 13.2 Å². The van der Waals surface area contributed by atoms with Crippen molar-refractivity contribution in [1.29, 1.82) is 0 Å². The van der Waals surface area contributed by atoms with Gasteiger partial charge in [-0.2, -0.15) is 13.2 Å². The van der Waals surface area contributed by atoms with Crippen molar-refractivity contribution in [2.24, 2.45) is 5.73 Å². The third-order valence-corrected chi connectivity index (χ3v) is 2.91. The van der Waals surface area contributed by atoms with E-state index < -0.39 is 11.7 Å². The number of hydrogen-bond acceptors (Lipinski definition) is 3. The molecule has 2 N–H and O–H groups in total. The maximum atomic E-state index is 12.6. The van der Waals surface area contributed by atoms with Crippen LogP contribution in [0, 0.1) is 6.92 Å². The minimum Gasteiger partial charge on any atom is -0.487 e. The van der Waals surface area contributed by atoms with Crippen LogP contribution < -0.4 is 10.5 Å². The van der Waals surface area contributed by atoms with Gasteiger partial charge in [-0.05, 0) is 36.8 Å². The fourth-order valence-corrected chi connectivity index (χ4v) is 1.87. The van der Waals surface area contributed by atoms with Crippen LogP contribution in [-0.2, 0) is 19.3 Å². The Morgan fingerprint density at radius 2 is 1.95 bits per heavy atom. The van der Waals surface area contributed by atoms with E-state index in [1.165, 1.54) is 6.07 Å². The maximum absolute atomic E-state index is 12.6. The third-order valence-electron chi connectivity index (χ3n) is 2.91. The Morgan fingerprint density at radius 1 is 1.19 bits per heavy atom. The van der Waals surface area contributed by atoms with Crippen molar-refractivity contribution >= 4 is 0 Å². The van der Waals surface area contributed by atoms with Gasteiger partial charge in [0.1, 0.15) is 12.4 Å². The van der Waals surface area contributed by atoms with E-state index in [0.717, 1.165) is 17.8 Å². The van der Waals surface area contributed by atoms with Crippen LogP contribution in [0.1, 0.15) is 22.5 Å². The van der Waals surface area contributed by atoms with Gasteiger partial charge in [0.05, 0.1) is 11.3 Å². The molecule has 0 aliphatic rings. The second-order valence-corrected chi connectivity index (χ2v) is 4.59. The number of hydrogen-bond donors (Lipinski definition) is 1. The second-order valence-electron chi connectivity index (χ2n) is 4.59. The summed E-state index contributed by atoms with van der Waals surface area (Å²) in [6.45, 7) is 2.07. The minimum absolute atomic E-state index is 0.0294. The van der Waals surface area contributed by atoms with Crippen LogP contribution >= 0.6 is 0 Å². The summed E-state index contributed by atoms with van der Waals surface area (Å²) >= 11 is 0. The number of pyridine rings is 1. The summed E-state index contributed by atoms with van der Waals surface area (Å²) in [5.74, 6) is 0.487. The molecule has 0 unspecified atom stereocenters. The summed E-state index contributed by atoms with van der Waals surface area (Å²) in [5.41, 5.74) is 6.72. The predicted octanol–water partition coefficient (Wildman–Crippen LogP) is 3.45. The Kier molecular flexibility index (Phi) is 4.47. The highest BCUT2D eigenvalue weighted by atomic mass is 19.4. The number of nitrogens with two attached hydrogens (primary N) is 1. The zero-order valence-corrected chi connectivity index (χ0v) is 11.4. The summed E-state index contributed by atoms with van der Waals surface area (Å²) in [5, 5.41) is 0. The molecule has 1 aromatic heterocycles. The van der Waals surface area contributed by atoms with Gasteiger partial charge in [-0.3, -0.25) is 4.98 Å². The average molecular weight is 296 g/mol. The van der Waals surface area contributed by atoms with Gasteiger partial charge in [0.2, 0.25) is 0 Å². The molecule has 0 saturated carbocycles. The SMILES string of the molecule is Cc1ccc(OCc2cccc(C(F)(F)F)c2)c(CN)n1. The molecule has 0 radical (unpaired) electrons. The van der Waals surface area contributed by atoms with Gasteiger partial charge in [-0.1, -0.05) is 12.1 Å². The van der Waals surface area contributed by atoms with Crippen molar-refractivity contribution in [3.05, 3.63) is 58.9 Å². The summed E-state index contributed by atoms with van der Waals surface area (Å²) in [7, 11) is 0. The standard InChI is InChI=1S/C15H15F3N2O/c1-10-5-6-14(13(8-19)20-10)21-9-11-3-2-4-12(7-11)15(16,17)18/h2-7H,8-9,19H2,1H3. The number of benzene rings is 1.